The highest BCUT2D eigenvalue weighted by Crippen LogP contribution is 2.21. The number of nitrogens with zero attached hydrogens (tertiary/aromatic N) is 3. The van der Waals surface area contributed by atoms with Gasteiger partial charge in [0.15, 0.2) is 0 Å². The molecule has 0 aliphatic carbocycles. The Morgan fingerprint density at radius 2 is 1.71 bits per heavy atom. The second-order valence-electron chi connectivity index (χ2n) is 8.05. The Labute approximate surface area is 185 Å². The maximum atomic E-state index is 12.6. The zero-order valence-electron chi connectivity index (χ0n) is 19.1. The lowest BCUT2D eigenvalue weighted by atomic mass is 10.1. The van der Waals surface area contributed by atoms with Crippen LogP contribution in [0.25, 0.3) is 5.69 Å². The van der Waals surface area contributed by atoms with E-state index in [1.165, 1.54) is 11.1 Å². The quantitative estimate of drug-likeness (QED) is 0.444. The van der Waals surface area contributed by atoms with Crippen LogP contribution >= 0.6 is 0 Å². The Morgan fingerprint density at radius 3 is 2.45 bits per heavy atom. The third kappa shape index (κ3) is 6.05. The fourth-order valence-corrected chi connectivity index (χ4v) is 3.72. The van der Waals surface area contributed by atoms with Crippen LogP contribution in [0, 0.1) is 20.8 Å². The van der Waals surface area contributed by atoms with Crippen molar-refractivity contribution in [2.45, 2.75) is 46.6 Å². The van der Waals surface area contributed by atoms with Gasteiger partial charge in [-0.2, -0.15) is 5.10 Å². The molecule has 3 aromatic rings. The lowest BCUT2D eigenvalue weighted by Gasteiger charge is -2.18. The highest BCUT2D eigenvalue weighted by molar-refractivity contribution is 5.75. The van der Waals surface area contributed by atoms with Crippen molar-refractivity contribution in [3.05, 3.63) is 82.7 Å². The van der Waals surface area contributed by atoms with E-state index in [0.29, 0.717) is 26.2 Å². The molecule has 0 fully saturated rings. The molecule has 0 saturated carbocycles. The van der Waals surface area contributed by atoms with Gasteiger partial charge in [-0.3, -0.25) is 4.79 Å². The minimum Gasteiger partial charge on any atom is -0.381 e. The third-order valence-electron chi connectivity index (χ3n) is 5.66. The molecule has 164 valence electrons. The molecule has 1 amide bonds. The summed E-state index contributed by atoms with van der Waals surface area (Å²) in [5, 5.41) is 4.73. The second kappa shape index (κ2) is 10.9. The van der Waals surface area contributed by atoms with Gasteiger partial charge < -0.3 is 9.64 Å². The Hall–Kier alpha value is -2.92. The number of hydrogen-bond donors (Lipinski definition) is 0. The molecule has 1 aromatic heterocycles. The van der Waals surface area contributed by atoms with Crippen molar-refractivity contribution in [3.8, 4) is 5.69 Å². The SMILES string of the molecule is Cc1ccccc1-n1nc(C)c(CN(C)C(=O)CCCOCCc2ccccc2)c1C. The smallest absolute Gasteiger partial charge is 0.222 e. The van der Waals surface area contributed by atoms with Crippen molar-refractivity contribution >= 4 is 5.91 Å². The lowest BCUT2D eigenvalue weighted by molar-refractivity contribution is -0.130. The monoisotopic (exact) mass is 419 g/mol. The summed E-state index contributed by atoms with van der Waals surface area (Å²) in [6, 6.07) is 18.5. The van der Waals surface area contributed by atoms with E-state index in [4.69, 9.17) is 9.84 Å². The molecule has 3 rings (SSSR count). The van der Waals surface area contributed by atoms with Gasteiger partial charge in [-0.25, -0.2) is 4.68 Å². The van der Waals surface area contributed by atoms with Crippen LogP contribution in [0.2, 0.25) is 0 Å². The van der Waals surface area contributed by atoms with Crippen LogP contribution in [0.5, 0.6) is 0 Å². The van der Waals surface area contributed by atoms with Crippen LogP contribution < -0.4 is 0 Å². The molecular formula is C26H33N3O2. The highest BCUT2D eigenvalue weighted by atomic mass is 16.5. The first-order chi connectivity index (χ1) is 15.0. The van der Waals surface area contributed by atoms with Gasteiger partial charge in [0, 0.05) is 37.9 Å². The summed E-state index contributed by atoms with van der Waals surface area (Å²) in [7, 11) is 1.86. The normalized spacial score (nSPS) is 11.0. The van der Waals surface area contributed by atoms with Gasteiger partial charge >= 0.3 is 0 Å². The van der Waals surface area contributed by atoms with Crippen molar-refractivity contribution in [2.75, 3.05) is 20.3 Å². The molecular weight excluding hydrogens is 386 g/mol. The van der Waals surface area contributed by atoms with E-state index < -0.39 is 0 Å². The molecule has 0 radical (unpaired) electrons. The van der Waals surface area contributed by atoms with E-state index in [0.717, 1.165) is 35.5 Å². The average Bonchev–Trinajstić information content (AvgIpc) is 3.05. The highest BCUT2D eigenvalue weighted by Gasteiger charge is 2.17. The van der Waals surface area contributed by atoms with Crippen LogP contribution in [0.3, 0.4) is 0 Å². The number of benzene rings is 2. The van der Waals surface area contributed by atoms with Crippen molar-refractivity contribution in [1.29, 1.82) is 0 Å². The van der Waals surface area contributed by atoms with Crippen molar-refractivity contribution in [2.24, 2.45) is 0 Å². The van der Waals surface area contributed by atoms with Gasteiger partial charge in [0.25, 0.3) is 0 Å². The van der Waals surface area contributed by atoms with Gasteiger partial charge in [-0.15, -0.1) is 0 Å². The summed E-state index contributed by atoms with van der Waals surface area (Å²) in [6.07, 6.45) is 2.13. The molecule has 0 aliphatic heterocycles. The average molecular weight is 420 g/mol. The van der Waals surface area contributed by atoms with Crippen LogP contribution in [-0.4, -0.2) is 40.8 Å². The summed E-state index contributed by atoms with van der Waals surface area (Å²) in [5.41, 5.74) is 6.68. The minimum atomic E-state index is 0.133. The molecule has 0 bridgehead atoms. The molecule has 2 aromatic carbocycles. The number of ether oxygens (including phenoxy) is 1. The molecule has 31 heavy (non-hydrogen) atoms. The number of aromatic nitrogens is 2. The first-order valence-corrected chi connectivity index (χ1v) is 10.9. The zero-order valence-corrected chi connectivity index (χ0v) is 19.1. The van der Waals surface area contributed by atoms with Crippen molar-refractivity contribution < 1.29 is 9.53 Å². The summed E-state index contributed by atoms with van der Waals surface area (Å²) >= 11 is 0. The summed E-state index contributed by atoms with van der Waals surface area (Å²) < 4.78 is 7.69. The first-order valence-electron chi connectivity index (χ1n) is 10.9. The molecule has 0 N–H and O–H groups in total. The van der Waals surface area contributed by atoms with Gasteiger partial charge in [-0.1, -0.05) is 48.5 Å². The number of carbonyl (C=O) groups is 1. The number of para-hydroxylation sites is 1. The molecule has 1 heterocycles. The number of hydrogen-bond acceptors (Lipinski definition) is 3. The van der Waals surface area contributed by atoms with Gasteiger partial charge in [0.1, 0.15) is 0 Å². The van der Waals surface area contributed by atoms with Crippen LogP contribution in [0.1, 0.15) is 40.9 Å². The Balaban J connectivity index is 1.47. The standard InChI is InChI=1S/C26H33N3O2/c1-20-11-8-9-14-25(20)29-22(3)24(21(2)27-29)19-28(4)26(30)15-10-17-31-18-16-23-12-6-5-7-13-23/h5-9,11-14H,10,15-19H2,1-4H3. The van der Waals surface area contributed by atoms with E-state index in [1.807, 2.05) is 49.0 Å². The van der Waals surface area contributed by atoms with E-state index in [-0.39, 0.29) is 5.91 Å². The van der Waals surface area contributed by atoms with Crippen molar-refractivity contribution in [3.63, 3.8) is 0 Å². The van der Waals surface area contributed by atoms with E-state index >= 15 is 0 Å². The zero-order chi connectivity index (χ0) is 22.2. The molecule has 0 atom stereocenters. The maximum Gasteiger partial charge on any atom is 0.222 e. The molecule has 0 aliphatic rings. The van der Waals surface area contributed by atoms with Gasteiger partial charge in [-0.05, 0) is 50.8 Å². The largest absolute Gasteiger partial charge is 0.381 e. The fraction of sp³-hybridized carbons (Fsp3) is 0.385. The number of rotatable bonds is 10. The topological polar surface area (TPSA) is 47.4 Å². The fourth-order valence-electron chi connectivity index (χ4n) is 3.72. The van der Waals surface area contributed by atoms with Gasteiger partial charge in [0.2, 0.25) is 5.91 Å². The van der Waals surface area contributed by atoms with Crippen LogP contribution in [-0.2, 0) is 22.5 Å². The van der Waals surface area contributed by atoms with Crippen LogP contribution in [0.4, 0.5) is 0 Å². The predicted molar refractivity (Wildman–Crippen MR) is 124 cm³/mol. The van der Waals surface area contributed by atoms with Gasteiger partial charge in [0.05, 0.1) is 18.0 Å². The maximum absolute atomic E-state index is 12.6. The summed E-state index contributed by atoms with van der Waals surface area (Å²) in [5.74, 6) is 0.133. The Morgan fingerprint density at radius 1 is 1.00 bits per heavy atom. The molecule has 0 unspecified atom stereocenters. The summed E-state index contributed by atoms with van der Waals surface area (Å²) in [6.45, 7) is 8.02. The predicted octanol–water partition coefficient (Wildman–Crippen LogP) is 4.80. The van der Waals surface area contributed by atoms with E-state index in [9.17, 15) is 4.79 Å². The molecule has 0 saturated heterocycles. The number of carbonyl (C=O) groups excluding carboxylic acids is 1. The first kappa shape index (κ1) is 22.8. The van der Waals surface area contributed by atoms with E-state index in [2.05, 4.69) is 38.1 Å². The molecule has 0 spiro atoms. The Kier molecular flexibility index (Phi) is 8.01. The Bertz CT molecular complexity index is 995. The third-order valence-corrected chi connectivity index (χ3v) is 5.66. The summed E-state index contributed by atoms with van der Waals surface area (Å²) in [4.78, 5) is 14.4. The van der Waals surface area contributed by atoms with Crippen molar-refractivity contribution in [1.82, 2.24) is 14.7 Å². The number of aryl methyl sites for hydroxylation is 2. The molecule has 5 nitrogen and oxygen atoms in total. The second-order valence-corrected chi connectivity index (χ2v) is 8.05. The minimum absolute atomic E-state index is 0.133. The van der Waals surface area contributed by atoms with Crippen LogP contribution in [0.15, 0.2) is 54.6 Å². The molecule has 5 heteroatoms. The number of amides is 1. The van der Waals surface area contributed by atoms with E-state index in [1.54, 1.807) is 4.90 Å². The lowest BCUT2D eigenvalue weighted by Crippen LogP contribution is -2.26.